The summed E-state index contributed by atoms with van der Waals surface area (Å²) in [5.74, 6) is -6.78. The van der Waals surface area contributed by atoms with Crippen LogP contribution in [0.5, 0.6) is 0 Å². The minimum atomic E-state index is -1.48. The Hall–Kier alpha value is -3.43. The molecule has 0 bridgehead atoms. The summed E-state index contributed by atoms with van der Waals surface area (Å²) < 4.78 is 13.7. The lowest BCUT2D eigenvalue weighted by Crippen LogP contribution is -2.52. The summed E-state index contributed by atoms with van der Waals surface area (Å²) in [4.78, 5) is 59.9. The molecule has 0 saturated heterocycles. The fraction of sp³-hybridized carbons (Fsp3) is 0.389. The van der Waals surface area contributed by atoms with Crippen molar-refractivity contribution in [2.24, 2.45) is 17.6 Å². The van der Waals surface area contributed by atoms with Crippen LogP contribution in [0.1, 0.15) is 27.6 Å². The van der Waals surface area contributed by atoms with E-state index < -0.39 is 47.6 Å². The number of rotatable bonds is 8. The quantitative estimate of drug-likeness (QED) is 0.345. The van der Waals surface area contributed by atoms with Crippen LogP contribution in [0.2, 0.25) is 0 Å². The summed E-state index contributed by atoms with van der Waals surface area (Å²) in [6.07, 6.45) is 0. The molecule has 152 valence electrons. The van der Waals surface area contributed by atoms with Gasteiger partial charge in [-0.2, -0.15) is 0 Å². The predicted octanol–water partition coefficient (Wildman–Crippen LogP) is -0.345. The van der Waals surface area contributed by atoms with E-state index in [1.807, 2.05) is 0 Å². The highest BCUT2D eigenvalue weighted by Gasteiger charge is 2.41. The Morgan fingerprint density at radius 2 is 1.46 bits per heavy atom. The molecule has 0 aliphatic rings. The maximum atomic E-state index is 12.5. The molecule has 0 fully saturated rings. The number of benzene rings is 1. The second-order valence-corrected chi connectivity index (χ2v) is 5.81. The van der Waals surface area contributed by atoms with Crippen molar-refractivity contribution in [3.63, 3.8) is 0 Å². The highest BCUT2D eigenvalue weighted by Crippen LogP contribution is 2.20. The summed E-state index contributed by atoms with van der Waals surface area (Å²) in [7, 11) is 3.34. The van der Waals surface area contributed by atoms with Gasteiger partial charge in [0.2, 0.25) is 5.91 Å². The second kappa shape index (κ2) is 10.0. The molecule has 0 radical (unpaired) electrons. The van der Waals surface area contributed by atoms with E-state index in [0.717, 1.165) is 14.2 Å². The summed E-state index contributed by atoms with van der Waals surface area (Å²) in [6, 6.07) is 4.18. The fourth-order valence-corrected chi connectivity index (χ4v) is 2.56. The van der Waals surface area contributed by atoms with Gasteiger partial charge in [0.15, 0.2) is 5.92 Å². The number of esters is 3. The molecule has 0 heterocycles. The maximum Gasteiger partial charge on any atom is 0.337 e. The number of nitrogens with two attached hydrogens (primary N) is 1. The number of carbonyl (C=O) groups excluding carboxylic acids is 5. The number of primary amides is 1. The van der Waals surface area contributed by atoms with Crippen LogP contribution in [0.3, 0.4) is 0 Å². The molecule has 1 rings (SSSR count). The lowest BCUT2D eigenvalue weighted by Gasteiger charge is -2.26. The molecule has 3 N–H and O–H groups in total. The molecule has 28 heavy (non-hydrogen) atoms. The van der Waals surface area contributed by atoms with Gasteiger partial charge in [0.25, 0.3) is 5.91 Å². The van der Waals surface area contributed by atoms with E-state index >= 15 is 0 Å². The van der Waals surface area contributed by atoms with Crippen LogP contribution in [0.25, 0.3) is 0 Å². The lowest BCUT2D eigenvalue weighted by atomic mass is 9.86. The molecule has 0 unspecified atom stereocenters. The van der Waals surface area contributed by atoms with Gasteiger partial charge in [0.1, 0.15) is 6.04 Å². The molecule has 0 aliphatic heterocycles. The minimum absolute atomic E-state index is 0.0500. The number of ether oxygens (including phenoxy) is 3. The molecule has 0 spiro atoms. The van der Waals surface area contributed by atoms with Gasteiger partial charge in [-0.1, -0.05) is 13.0 Å². The van der Waals surface area contributed by atoms with Gasteiger partial charge < -0.3 is 25.3 Å². The average molecular weight is 394 g/mol. The zero-order valence-corrected chi connectivity index (χ0v) is 15.9. The molecule has 2 amide bonds. The first kappa shape index (κ1) is 22.6. The van der Waals surface area contributed by atoms with E-state index in [4.69, 9.17) is 5.73 Å². The van der Waals surface area contributed by atoms with Crippen molar-refractivity contribution in [1.29, 1.82) is 0 Å². The highest BCUT2D eigenvalue weighted by atomic mass is 16.5. The first-order chi connectivity index (χ1) is 13.2. The van der Waals surface area contributed by atoms with Gasteiger partial charge in [-0.25, -0.2) is 4.79 Å². The molecule has 0 aromatic heterocycles. The van der Waals surface area contributed by atoms with Gasteiger partial charge in [-0.05, 0) is 18.2 Å². The zero-order chi connectivity index (χ0) is 21.4. The topological polar surface area (TPSA) is 151 Å². The monoisotopic (exact) mass is 394 g/mol. The normalized spacial score (nSPS) is 12.5. The van der Waals surface area contributed by atoms with Crippen LogP contribution < -0.4 is 11.1 Å². The Morgan fingerprint density at radius 3 is 1.93 bits per heavy atom. The summed E-state index contributed by atoms with van der Waals surface area (Å²) in [5.41, 5.74) is 5.53. The third kappa shape index (κ3) is 5.29. The van der Waals surface area contributed by atoms with E-state index in [0.29, 0.717) is 0 Å². The van der Waals surface area contributed by atoms with Crippen LogP contribution >= 0.6 is 0 Å². The Kier molecular flexibility index (Phi) is 8.11. The Morgan fingerprint density at radius 1 is 0.929 bits per heavy atom. The van der Waals surface area contributed by atoms with E-state index in [1.54, 1.807) is 0 Å². The van der Waals surface area contributed by atoms with Crippen LogP contribution in [0.4, 0.5) is 0 Å². The van der Waals surface area contributed by atoms with E-state index in [9.17, 15) is 24.0 Å². The van der Waals surface area contributed by atoms with Crippen molar-refractivity contribution in [3.8, 4) is 0 Å². The fourth-order valence-electron chi connectivity index (χ4n) is 2.56. The van der Waals surface area contributed by atoms with Crippen LogP contribution in [-0.4, -0.2) is 57.1 Å². The summed E-state index contributed by atoms with van der Waals surface area (Å²) in [5, 5.41) is 2.37. The van der Waals surface area contributed by atoms with Gasteiger partial charge in [0.05, 0.1) is 26.9 Å². The molecule has 10 nitrogen and oxygen atoms in total. The predicted molar refractivity (Wildman–Crippen MR) is 94.9 cm³/mol. The van der Waals surface area contributed by atoms with Crippen molar-refractivity contribution in [1.82, 2.24) is 5.32 Å². The van der Waals surface area contributed by atoms with E-state index in [1.165, 1.54) is 38.3 Å². The number of nitrogens with one attached hydrogen (secondary N) is 1. The van der Waals surface area contributed by atoms with Crippen molar-refractivity contribution < 1.29 is 38.2 Å². The number of carbonyl (C=O) groups is 5. The molecule has 0 saturated carbocycles. The molecular formula is C18H22N2O8. The SMILES string of the molecule is COC(=O)c1cccc(C(=O)N[C@@H](C(N)=O)[C@@H](C)C(C(=O)OC)C(=O)OC)c1. The van der Waals surface area contributed by atoms with Crippen molar-refractivity contribution in [2.75, 3.05) is 21.3 Å². The molecule has 0 aliphatic carbocycles. The Bertz CT molecular complexity index is 761. The number of amides is 2. The smallest absolute Gasteiger partial charge is 0.337 e. The summed E-state index contributed by atoms with van der Waals surface area (Å²) in [6.45, 7) is 1.37. The van der Waals surface area contributed by atoms with Gasteiger partial charge in [-0.3, -0.25) is 19.2 Å². The van der Waals surface area contributed by atoms with Crippen molar-refractivity contribution >= 4 is 29.7 Å². The molecule has 2 atom stereocenters. The first-order valence-electron chi connectivity index (χ1n) is 8.12. The molecular weight excluding hydrogens is 372 g/mol. The van der Waals surface area contributed by atoms with Crippen LogP contribution in [0, 0.1) is 11.8 Å². The van der Waals surface area contributed by atoms with Gasteiger partial charge in [-0.15, -0.1) is 0 Å². The van der Waals surface area contributed by atoms with Crippen LogP contribution in [-0.2, 0) is 28.6 Å². The first-order valence-corrected chi connectivity index (χ1v) is 8.12. The highest BCUT2D eigenvalue weighted by molar-refractivity contribution is 6.01. The Labute approximate surface area is 161 Å². The van der Waals surface area contributed by atoms with Gasteiger partial charge >= 0.3 is 17.9 Å². The number of hydrogen-bond acceptors (Lipinski definition) is 8. The number of methoxy groups -OCH3 is 3. The maximum absolute atomic E-state index is 12.5. The van der Waals surface area contributed by atoms with Crippen molar-refractivity contribution in [2.45, 2.75) is 13.0 Å². The van der Waals surface area contributed by atoms with E-state index in [-0.39, 0.29) is 11.1 Å². The zero-order valence-electron chi connectivity index (χ0n) is 15.9. The van der Waals surface area contributed by atoms with E-state index in [2.05, 4.69) is 19.5 Å². The van der Waals surface area contributed by atoms with Crippen LogP contribution in [0.15, 0.2) is 24.3 Å². The average Bonchev–Trinajstić information content (AvgIpc) is 2.70. The Balaban J connectivity index is 3.14. The molecule has 1 aromatic rings. The largest absolute Gasteiger partial charge is 0.468 e. The molecule has 10 heteroatoms. The minimum Gasteiger partial charge on any atom is -0.468 e. The third-order valence-electron chi connectivity index (χ3n) is 4.10. The van der Waals surface area contributed by atoms with Crippen molar-refractivity contribution in [3.05, 3.63) is 35.4 Å². The lowest BCUT2D eigenvalue weighted by molar-refractivity contribution is -0.161. The summed E-state index contributed by atoms with van der Waals surface area (Å²) >= 11 is 0. The molecule has 1 aromatic carbocycles. The van der Waals surface area contributed by atoms with Gasteiger partial charge in [0, 0.05) is 11.5 Å². The second-order valence-electron chi connectivity index (χ2n) is 5.81. The standard InChI is InChI=1S/C18H22N2O8/c1-9(12(17(24)27-3)18(25)28-4)13(14(19)21)20-15(22)10-6-5-7-11(8-10)16(23)26-2/h5-9,12-13H,1-4H3,(H2,19,21)(H,20,22)/t9-,13+/m0/s1. The number of hydrogen-bond donors (Lipinski definition) is 2. The third-order valence-corrected chi connectivity index (χ3v) is 4.10.